The van der Waals surface area contributed by atoms with Crippen LogP contribution >= 0.6 is 34.4 Å². The number of halogens is 1. The highest BCUT2D eigenvalue weighted by Crippen LogP contribution is 2.31. The molecule has 4 nitrogen and oxygen atoms in total. The van der Waals surface area contributed by atoms with Gasteiger partial charge in [-0.1, -0.05) is 6.07 Å². The molecule has 6 heteroatoms. The Hall–Kier alpha value is -1.28. The lowest BCUT2D eigenvalue weighted by Crippen LogP contribution is -1.91. The second-order valence-corrected chi connectivity index (χ2v) is 5.95. The minimum absolute atomic E-state index is 0.764. The molecule has 2 N–H and O–H groups in total. The van der Waals surface area contributed by atoms with Gasteiger partial charge in [-0.15, -0.1) is 10.2 Å². The number of nitrogen functional groups attached to an aromatic ring is 1. The normalized spacial score (nSPS) is 10.9. The monoisotopic (exact) mass is 368 g/mol. The number of pyridine rings is 1. The van der Waals surface area contributed by atoms with E-state index < -0.39 is 0 Å². The Balaban J connectivity index is 2.01. The summed E-state index contributed by atoms with van der Waals surface area (Å²) in [4.78, 5) is 0.994. The summed E-state index contributed by atoms with van der Waals surface area (Å²) in [7, 11) is 0. The van der Waals surface area contributed by atoms with Crippen LogP contribution in [0.4, 0.5) is 5.69 Å². The number of hydrogen-bond donors (Lipinski definition) is 1. The van der Waals surface area contributed by atoms with Crippen LogP contribution in [0.3, 0.4) is 0 Å². The Kier molecular flexibility index (Phi) is 3.13. The second-order valence-electron chi connectivity index (χ2n) is 3.70. The van der Waals surface area contributed by atoms with E-state index in [9.17, 15) is 0 Å². The summed E-state index contributed by atoms with van der Waals surface area (Å²) in [5.41, 5.74) is 7.60. The van der Waals surface area contributed by atoms with E-state index in [0.717, 1.165) is 25.0 Å². The van der Waals surface area contributed by atoms with Gasteiger partial charge in [0.2, 0.25) is 0 Å². The third kappa shape index (κ3) is 2.17. The van der Waals surface area contributed by atoms with Gasteiger partial charge in [-0.25, -0.2) is 0 Å². The fourth-order valence-electron chi connectivity index (χ4n) is 1.60. The first kappa shape index (κ1) is 11.8. The molecule has 0 aliphatic carbocycles. The van der Waals surface area contributed by atoms with Gasteiger partial charge in [0.05, 0.1) is 0 Å². The Bertz CT molecular complexity index is 710. The maximum absolute atomic E-state index is 6.00. The quantitative estimate of drug-likeness (QED) is 0.558. The van der Waals surface area contributed by atoms with Crippen LogP contribution in [0.5, 0.6) is 0 Å². The van der Waals surface area contributed by atoms with Crippen LogP contribution in [0, 0.1) is 3.57 Å². The molecule has 0 bridgehead atoms. The van der Waals surface area contributed by atoms with E-state index in [1.54, 1.807) is 0 Å². The first-order valence-electron chi connectivity index (χ1n) is 5.27. The molecule has 0 atom stereocenters. The van der Waals surface area contributed by atoms with Gasteiger partial charge in [0.25, 0.3) is 0 Å². The van der Waals surface area contributed by atoms with Gasteiger partial charge in [0.15, 0.2) is 10.8 Å². The molecule has 18 heavy (non-hydrogen) atoms. The molecule has 90 valence electrons. The van der Waals surface area contributed by atoms with Crippen molar-refractivity contribution in [1.82, 2.24) is 14.6 Å². The molecule has 2 heterocycles. The summed E-state index contributed by atoms with van der Waals surface area (Å²) in [6, 6.07) is 11.8. The van der Waals surface area contributed by atoms with Crippen LogP contribution in [0.15, 0.2) is 52.6 Å². The van der Waals surface area contributed by atoms with E-state index in [2.05, 4.69) is 32.8 Å². The molecule has 2 aromatic heterocycles. The maximum Gasteiger partial charge on any atom is 0.200 e. The summed E-state index contributed by atoms with van der Waals surface area (Å²) in [6.45, 7) is 0. The van der Waals surface area contributed by atoms with E-state index in [0.29, 0.717) is 0 Å². The van der Waals surface area contributed by atoms with E-state index in [-0.39, 0.29) is 0 Å². The minimum atomic E-state index is 0.764. The summed E-state index contributed by atoms with van der Waals surface area (Å²) < 4.78 is 3.07. The summed E-state index contributed by atoms with van der Waals surface area (Å²) in [5, 5.41) is 9.10. The van der Waals surface area contributed by atoms with Crippen molar-refractivity contribution in [3.8, 4) is 0 Å². The largest absolute Gasteiger partial charge is 0.398 e. The average Bonchev–Trinajstić information content (AvgIpc) is 2.76. The molecular formula is C12H9IN4S. The summed E-state index contributed by atoms with van der Waals surface area (Å²) in [6.07, 6.45) is 1.94. The number of nitrogens with two attached hydrogens (primary N) is 1. The van der Waals surface area contributed by atoms with E-state index >= 15 is 0 Å². The van der Waals surface area contributed by atoms with E-state index in [1.165, 1.54) is 11.8 Å². The smallest absolute Gasteiger partial charge is 0.200 e. The molecule has 0 radical (unpaired) electrons. The van der Waals surface area contributed by atoms with Gasteiger partial charge in [-0.2, -0.15) is 0 Å². The van der Waals surface area contributed by atoms with Crippen molar-refractivity contribution in [3.05, 3.63) is 46.2 Å². The number of rotatable bonds is 2. The predicted molar refractivity (Wildman–Crippen MR) is 80.7 cm³/mol. The molecule has 1 aromatic carbocycles. The van der Waals surface area contributed by atoms with Crippen molar-refractivity contribution in [2.75, 3.05) is 5.73 Å². The molecule has 0 unspecified atom stereocenters. The van der Waals surface area contributed by atoms with Gasteiger partial charge in [-0.05, 0) is 64.7 Å². The molecule has 0 aliphatic heterocycles. The summed E-state index contributed by atoms with van der Waals surface area (Å²) in [5.74, 6) is 0. The molecule has 0 fully saturated rings. The van der Waals surface area contributed by atoms with Crippen LogP contribution in [0.25, 0.3) is 5.65 Å². The highest BCUT2D eigenvalue weighted by molar-refractivity contribution is 14.1. The zero-order chi connectivity index (χ0) is 12.5. The zero-order valence-corrected chi connectivity index (χ0v) is 12.2. The van der Waals surface area contributed by atoms with Crippen LogP contribution < -0.4 is 5.73 Å². The van der Waals surface area contributed by atoms with Crippen molar-refractivity contribution in [2.24, 2.45) is 0 Å². The minimum Gasteiger partial charge on any atom is -0.398 e. The molecular weight excluding hydrogens is 359 g/mol. The highest BCUT2D eigenvalue weighted by Gasteiger charge is 2.08. The van der Waals surface area contributed by atoms with Gasteiger partial charge in [-0.3, -0.25) is 4.40 Å². The molecule has 3 rings (SSSR count). The zero-order valence-electron chi connectivity index (χ0n) is 9.25. The van der Waals surface area contributed by atoms with E-state index in [1.807, 2.05) is 47.0 Å². The highest BCUT2D eigenvalue weighted by atomic mass is 127. The van der Waals surface area contributed by atoms with Crippen LogP contribution in [-0.2, 0) is 0 Å². The van der Waals surface area contributed by atoms with Crippen molar-refractivity contribution in [1.29, 1.82) is 0 Å². The number of hydrogen-bond acceptors (Lipinski definition) is 4. The van der Waals surface area contributed by atoms with Gasteiger partial charge in [0, 0.05) is 20.3 Å². The van der Waals surface area contributed by atoms with Crippen molar-refractivity contribution < 1.29 is 0 Å². The molecule has 0 aliphatic rings. The second kappa shape index (κ2) is 4.77. The first-order chi connectivity index (χ1) is 8.74. The lowest BCUT2D eigenvalue weighted by atomic mass is 10.3. The SMILES string of the molecule is Nc1cc(I)ccc1Sc1nnc2ccccn12. The Labute approximate surface area is 122 Å². The lowest BCUT2D eigenvalue weighted by Gasteiger charge is -2.04. The molecule has 0 amide bonds. The third-order valence-corrected chi connectivity index (χ3v) is 4.18. The maximum atomic E-state index is 6.00. The molecule has 0 saturated heterocycles. The average molecular weight is 368 g/mol. The third-order valence-electron chi connectivity index (χ3n) is 2.46. The predicted octanol–water partition coefficient (Wildman–Crippen LogP) is 3.07. The number of benzene rings is 1. The fourth-order valence-corrected chi connectivity index (χ4v) is 2.96. The first-order valence-corrected chi connectivity index (χ1v) is 7.16. The Morgan fingerprint density at radius 2 is 2.06 bits per heavy atom. The Morgan fingerprint density at radius 3 is 2.89 bits per heavy atom. The summed E-state index contributed by atoms with van der Waals surface area (Å²) >= 11 is 3.76. The molecule has 0 spiro atoms. The number of nitrogens with zero attached hydrogens (tertiary/aromatic N) is 3. The number of anilines is 1. The molecule has 3 aromatic rings. The van der Waals surface area contributed by atoms with Crippen LogP contribution in [0.1, 0.15) is 0 Å². The van der Waals surface area contributed by atoms with Gasteiger partial charge >= 0.3 is 0 Å². The number of fused-ring (bicyclic) bond motifs is 1. The topological polar surface area (TPSA) is 56.2 Å². The van der Waals surface area contributed by atoms with Gasteiger partial charge < -0.3 is 5.73 Å². The van der Waals surface area contributed by atoms with Crippen molar-refractivity contribution >= 4 is 45.7 Å². The standard InChI is InChI=1S/C12H9IN4S/c13-8-4-5-10(9(14)7-8)18-12-16-15-11-3-1-2-6-17(11)12/h1-7H,14H2. The molecule has 0 saturated carbocycles. The van der Waals surface area contributed by atoms with Crippen molar-refractivity contribution in [2.45, 2.75) is 10.1 Å². The fraction of sp³-hybridized carbons (Fsp3) is 0. The van der Waals surface area contributed by atoms with Crippen LogP contribution in [0.2, 0.25) is 0 Å². The van der Waals surface area contributed by atoms with Crippen molar-refractivity contribution in [3.63, 3.8) is 0 Å². The van der Waals surface area contributed by atoms with E-state index in [4.69, 9.17) is 5.73 Å². The van der Waals surface area contributed by atoms with Gasteiger partial charge in [0.1, 0.15) is 0 Å². The van der Waals surface area contributed by atoms with Crippen LogP contribution in [-0.4, -0.2) is 14.6 Å². The number of aromatic nitrogens is 3. The Morgan fingerprint density at radius 1 is 1.17 bits per heavy atom. The lowest BCUT2D eigenvalue weighted by molar-refractivity contribution is 0.921.